The highest BCUT2D eigenvalue weighted by Crippen LogP contribution is 2.33. The summed E-state index contributed by atoms with van der Waals surface area (Å²) in [5.41, 5.74) is 0.726. The molecular weight excluding hydrogens is 322 g/mol. The summed E-state index contributed by atoms with van der Waals surface area (Å²) < 4.78 is 6.03. The molecule has 7 heteroatoms. The van der Waals surface area contributed by atoms with Gasteiger partial charge in [-0.25, -0.2) is 0 Å². The largest absolute Gasteiger partial charge is 0.492 e. The van der Waals surface area contributed by atoms with Crippen molar-refractivity contribution in [2.75, 3.05) is 13.2 Å². The molecule has 1 aliphatic rings. The van der Waals surface area contributed by atoms with Gasteiger partial charge in [0.15, 0.2) is 0 Å². The van der Waals surface area contributed by atoms with Gasteiger partial charge >= 0.3 is 5.97 Å². The van der Waals surface area contributed by atoms with Crippen molar-refractivity contribution in [2.24, 2.45) is 0 Å². The number of carboxylic acid groups (broad SMARTS) is 1. The van der Waals surface area contributed by atoms with Crippen LogP contribution in [0.5, 0.6) is 5.75 Å². The minimum atomic E-state index is -0.915. The number of carboxylic acids is 1. The zero-order valence-corrected chi connectivity index (χ0v) is 13.6. The molecule has 1 heterocycles. The Morgan fingerprint density at radius 1 is 1.45 bits per heavy atom. The number of nitrogens with zero attached hydrogens (tertiary/aromatic N) is 1. The van der Waals surface area contributed by atoms with E-state index in [1.54, 1.807) is 23.1 Å². The number of hydrogen-bond donors (Lipinski definition) is 1. The number of likely N-dealkylation sites (N-methyl/N-ethyl adjacent to an activating group) is 1. The fraction of sp³-hybridized carbons (Fsp3) is 0.267. The number of thiocarbonyl (C=S) groups is 1. The normalized spacial score (nSPS) is 16.4. The monoisotopic (exact) mass is 337 g/mol. The van der Waals surface area contributed by atoms with Crippen LogP contribution in [0.25, 0.3) is 6.08 Å². The third-order valence-corrected chi connectivity index (χ3v) is 4.35. The van der Waals surface area contributed by atoms with Crippen molar-refractivity contribution in [3.63, 3.8) is 0 Å². The summed E-state index contributed by atoms with van der Waals surface area (Å²) in [6, 6.07) is 7.18. The lowest BCUT2D eigenvalue weighted by Gasteiger charge is -2.10. The van der Waals surface area contributed by atoms with Crippen LogP contribution in [0.1, 0.15) is 18.9 Å². The van der Waals surface area contributed by atoms with E-state index >= 15 is 0 Å². The van der Waals surface area contributed by atoms with E-state index < -0.39 is 5.97 Å². The second kappa shape index (κ2) is 7.42. The predicted octanol–water partition coefficient (Wildman–Crippen LogP) is 2.76. The number of para-hydroxylation sites is 1. The van der Waals surface area contributed by atoms with Gasteiger partial charge in [-0.15, -0.1) is 0 Å². The third-order valence-electron chi connectivity index (χ3n) is 2.97. The van der Waals surface area contributed by atoms with Crippen molar-refractivity contribution in [3.8, 4) is 5.75 Å². The minimum Gasteiger partial charge on any atom is -0.492 e. The number of carbonyl (C=O) groups is 2. The Bertz CT molecular complexity index is 642. The molecule has 5 nitrogen and oxygen atoms in total. The first-order valence-corrected chi connectivity index (χ1v) is 7.94. The number of hydrogen-bond acceptors (Lipinski definition) is 5. The molecule has 0 spiro atoms. The molecule has 1 aromatic rings. The highest BCUT2D eigenvalue weighted by Gasteiger charge is 2.30. The van der Waals surface area contributed by atoms with Gasteiger partial charge in [0.2, 0.25) is 0 Å². The van der Waals surface area contributed by atoms with Crippen molar-refractivity contribution in [1.82, 2.24) is 4.90 Å². The van der Waals surface area contributed by atoms with Crippen LogP contribution >= 0.6 is 24.0 Å². The lowest BCUT2D eigenvalue weighted by atomic mass is 10.2. The fourth-order valence-corrected chi connectivity index (χ4v) is 3.27. The van der Waals surface area contributed by atoms with Crippen LogP contribution in [0, 0.1) is 0 Å². The SMILES string of the molecule is CCN1C(=O)C(=Cc2ccccc2OCCC(=O)O)SC1=S. The van der Waals surface area contributed by atoms with Crippen molar-refractivity contribution < 1.29 is 19.4 Å². The van der Waals surface area contributed by atoms with E-state index in [1.165, 1.54) is 11.8 Å². The van der Waals surface area contributed by atoms with Gasteiger partial charge < -0.3 is 9.84 Å². The second-order valence-electron chi connectivity index (χ2n) is 4.46. The minimum absolute atomic E-state index is 0.0771. The van der Waals surface area contributed by atoms with Gasteiger partial charge in [-0.05, 0) is 19.1 Å². The highest BCUT2D eigenvalue weighted by molar-refractivity contribution is 8.26. The maximum atomic E-state index is 12.2. The topological polar surface area (TPSA) is 66.8 Å². The molecule has 2 rings (SSSR count). The molecule has 1 aromatic carbocycles. The van der Waals surface area contributed by atoms with Gasteiger partial charge in [0.05, 0.1) is 17.9 Å². The quantitative estimate of drug-likeness (QED) is 0.636. The van der Waals surface area contributed by atoms with Crippen LogP contribution in [0.2, 0.25) is 0 Å². The summed E-state index contributed by atoms with van der Waals surface area (Å²) in [6.07, 6.45) is 1.65. The van der Waals surface area contributed by atoms with Crippen LogP contribution in [-0.2, 0) is 9.59 Å². The summed E-state index contributed by atoms with van der Waals surface area (Å²) in [5, 5.41) is 8.65. The zero-order chi connectivity index (χ0) is 16.1. The highest BCUT2D eigenvalue weighted by atomic mass is 32.2. The maximum Gasteiger partial charge on any atom is 0.306 e. The third kappa shape index (κ3) is 3.86. The molecule has 0 atom stereocenters. The van der Waals surface area contributed by atoms with Crippen LogP contribution in [-0.4, -0.2) is 39.4 Å². The van der Waals surface area contributed by atoms with Crippen molar-refractivity contribution >= 4 is 46.3 Å². The van der Waals surface area contributed by atoms with E-state index in [0.717, 1.165) is 5.56 Å². The molecule has 0 saturated carbocycles. The van der Waals surface area contributed by atoms with Crippen LogP contribution in [0.4, 0.5) is 0 Å². The van der Waals surface area contributed by atoms with Crippen molar-refractivity contribution in [1.29, 1.82) is 0 Å². The molecule has 0 aliphatic carbocycles. The molecule has 1 N–H and O–H groups in total. The van der Waals surface area contributed by atoms with E-state index in [9.17, 15) is 9.59 Å². The first-order chi connectivity index (χ1) is 10.5. The first-order valence-electron chi connectivity index (χ1n) is 6.72. The number of benzene rings is 1. The number of carbonyl (C=O) groups excluding carboxylic acids is 1. The van der Waals surface area contributed by atoms with E-state index in [2.05, 4.69) is 0 Å². The molecule has 1 aliphatic heterocycles. The van der Waals surface area contributed by atoms with Crippen molar-refractivity contribution in [2.45, 2.75) is 13.3 Å². The van der Waals surface area contributed by atoms with Gasteiger partial charge in [-0.1, -0.05) is 42.2 Å². The van der Waals surface area contributed by atoms with Gasteiger partial charge in [-0.2, -0.15) is 0 Å². The molecule has 0 aromatic heterocycles. The molecule has 0 unspecified atom stereocenters. The summed E-state index contributed by atoms with van der Waals surface area (Å²) in [7, 11) is 0. The Balaban J connectivity index is 2.19. The van der Waals surface area contributed by atoms with Crippen LogP contribution in [0.3, 0.4) is 0 Å². The molecule has 1 saturated heterocycles. The lowest BCUT2D eigenvalue weighted by Crippen LogP contribution is -2.27. The van der Waals surface area contributed by atoms with E-state index in [-0.39, 0.29) is 18.9 Å². The lowest BCUT2D eigenvalue weighted by molar-refractivity contribution is -0.137. The number of thioether (sulfide) groups is 1. The molecule has 22 heavy (non-hydrogen) atoms. The van der Waals surface area contributed by atoms with Gasteiger partial charge in [-0.3, -0.25) is 14.5 Å². The van der Waals surface area contributed by atoms with E-state index in [4.69, 9.17) is 22.1 Å². The Morgan fingerprint density at radius 2 is 2.18 bits per heavy atom. The van der Waals surface area contributed by atoms with Gasteiger partial charge in [0.25, 0.3) is 5.91 Å². The second-order valence-corrected chi connectivity index (χ2v) is 6.13. The van der Waals surface area contributed by atoms with Crippen LogP contribution < -0.4 is 4.74 Å². The summed E-state index contributed by atoms with van der Waals surface area (Å²) in [6.45, 7) is 2.49. The predicted molar refractivity (Wildman–Crippen MR) is 89.7 cm³/mol. The average Bonchev–Trinajstić information content (AvgIpc) is 2.74. The molecule has 0 radical (unpaired) electrons. The Kier molecular flexibility index (Phi) is 5.57. The molecule has 0 bridgehead atoms. The van der Waals surface area contributed by atoms with Crippen molar-refractivity contribution in [3.05, 3.63) is 34.7 Å². The zero-order valence-electron chi connectivity index (χ0n) is 11.9. The average molecular weight is 337 g/mol. The smallest absolute Gasteiger partial charge is 0.306 e. The standard InChI is InChI=1S/C15H15NO4S2/c1-2-16-14(19)12(22-15(16)21)9-10-5-3-4-6-11(10)20-8-7-13(17)18/h3-6,9H,2,7-8H2,1H3,(H,17,18). The van der Waals surface area contributed by atoms with Gasteiger partial charge in [0.1, 0.15) is 10.1 Å². The molecule has 116 valence electrons. The molecular formula is C15H15NO4S2. The summed E-state index contributed by atoms with van der Waals surface area (Å²) in [5.74, 6) is -0.482. The Labute approximate surface area is 137 Å². The number of amides is 1. The fourth-order valence-electron chi connectivity index (χ4n) is 1.89. The van der Waals surface area contributed by atoms with Gasteiger partial charge in [0, 0.05) is 12.1 Å². The first kappa shape index (κ1) is 16.5. The molecule has 1 amide bonds. The van der Waals surface area contributed by atoms with Crippen LogP contribution in [0.15, 0.2) is 29.2 Å². The van der Waals surface area contributed by atoms with E-state index in [1.807, 2.05) is 19.1 Å². The maximum absolute atomic E-state index is 12.2. The number of rotatable bonds is 6. The Hall–Kier alpha value is -1.86. The Morgan fingerprint density at radius 3 is 2.82 bits per heavy atom. The van der Waals surface area contributed by atoms with E-state index in [0.29, 0.717) is 21.5 Å². The number of ether oxygens (including phenoxy) is 1. The summed E-state index contributed by atoms with van der Waals surface area (Å²) in [4.78, 5) is 24.8. The number of aliphatic carboxylic acids is 1. The summed E-state index contributed by atoms with van der Waals surface area (Å²) >= 11 is 6.43. The molecule has 1 fully saturated rings.